The minimum atomic E-state index is -0.181. The Morgan fingerprint density at radius 2 is 1.96 bits per heavy atom. The van der Waals surface area contributed by atoms with E-state index in [0.717, 1.165) is 35.2 Å². The largest absolute Gasteiger partial charge is 0.358 e. The lowest BCUT2D eigenvalue weighted by Crippen LogP contribution is -2.33. The Balaban J connectivity index is 1.55. The predicted octanol–water partition coefficient (Wildman–Crippen LogP) is 3.76. The van der Waals surface area contributed by atoms with Gasteiger partial charge in [-0.2, -0.15) is 0 Å². The van der Waals surface area contributed by atoms with Gasteiger partial charge in [-0.15, -0.1) is 10.2 Å². The first-order valence-electron chi connectivity index (χ1n) is 9.44. The zero-order valence-corrected chi connectivity index (χ0v) is 17.7. The van der Waals surface area contributed by atoms with E-state index in [1.807, 2.05) is 19.9 Å². The van der Waals surface area contributed by atoms with Gasteiger partial charge in [-0.3, -0.25) is 9.59 Å². The minimum Gasteiger partial charge on any atom is -0.358 e. The molecule has 1 aromatic carbocycles. The highest BCUT2D eigenvalue weighted by Crippen LogP contribution is 2.26. The molecule has 2 aromatic rings. The number of hydrogen-bond acceptors (Lipinski definition) is 7. The van der Waals surface area contributed by atoms with Gasteiger partial charge >= 0.3 is 0 Å². The molecule has 3 rings (SSSR count). The highest BCUT2D eigenvalue weighted by Gasteiger charge is 2.20. The van der Waals surface area contributed by atoms with Crippen molar-refractivity contribution in [3.05, 3.63) is 29.8 Å². The number of nitrogens with zero attached hydrogens (tertiary/aromatic N) is 2. The summed E-state index contributed by atoms with van der Waals surface area (Å²) in [5, 5.41) is 18.0. The summed E-state index contributed by atoms with van der Waals surface area (Å²) >= 11 is 2.75. The van der Waals surface area contributed by atoms with Crippen LogP contribution >= 0.6 is 23.1 Å². The Morgan fingerprint density at radius 1 is 1.21 bits per heavy atom. The first kappa shape index (κ1) is 20.6. The number of para-hydroxylation sites is 1. The van der Waals surface area contributed by atoms with E-state index in [4.69, 9.17) is 0 Å². The van der Waals surface area contributed by atoms with Crippen molar-refractivity contribution in [3.63, 3.8) is 0 Å². The van der Waals surface area contributed by atoms with Crippen LogP contribution in [0.15, 0.2) is 28.6 Å². The topological polar surface area (TPSA) is 96.0 Å². The van der Waals surface area contributed by atoms with Crippen LogP contribution < -0.4 is 16.0 Å². The number of carbonyl (C=O) groups excluding carboxylic acids is 2. The van der Waals surface area contributed by atoms with Crippen molar-refractivity contribution in [2.24, 2.45) is 0 Å². The van der Waals surface area contributed by atoms with Crippen molar-refractivity contribution in [2.45, 2.75) is 56.0 Å². The highest BCUT2D eigenvalue weighted by molar-refractivity contribution is 8.01. The molecular weight excluding hydrogens is 394 g/mol. The molecule has 2 amide bonds. The standard InChI is InChI=1S/C19H25N5O2S2/c1-12(2)20-18-23-24-19(28-18)27-11-16(25)22-15-10-6-5-9-14(15)17(26)21-13-7-3-4-8-13/h5-6,9-10,12-13H,3-4,7-8,11H2,1-2H3,(H,20,23)(H,21,26)(H,22,25). The number of aromatic nitrogens is 2. The van der Waals surface area contributed by atoms with Gasteiger partial charge in [-0.1, -0.05) is 48.1 Å². The van der Waals surface area contributed by atoms with E-state index in [1.165, 1.54) is 23.1 Å². The molecule has 0 saturated heterocycles. The van der Waals surface area contributed by atoms with Crippen molar-refractivity contribution in [3.8, 4) is 0 Å². The summed E-state index contributed by atoms with van der Waals surface area (Å²) in [7, 11) is 0. The van der Waals surface area contributed by atoms with Crippen LogP contribution in [0.3, 0.4) is 0 Å². The minimum absolute atomic E-state index is 0.135. The second-order valence-corrected chi connectivity index (χ2v) is 9.21. The van der Waals surface area contributed by atoms with Crippen LogP contribution in [-0.2, 0) is 4.79 Å². The van der Waals surface area contributed by atoms with Crippen molar-refractivity contribution in [2.75, 3.05) is 16.4 Å². The first-order chi connectivity index (χ1) is 13.5. The van der Waals surface area contributed by atoms with E-state index in [-0.39, 0.29) is 29.7 Å². The number of benzene rings is 1. The van der Waals surface area contributed by atoms with E-state index in [2.05, 4.69) is 26.1 Å². The molecule has 150 valence electrons. The van der Waals surface area contributed by atoms with Gasteiger partial charge in [0, 0.05) is 12.1 Å². The number of anilines is 2. The third kappa shape index (κ3) is 5.93. The van der Waals surface area contributed by atoms with Crippen LogP contribution in [0.5, 0.6) is 0 Å². The lowest BCUT2D eigenvalue weighted by Gasteiger charge is -2.14. The van der Waals surface area contributed by atoms with Crippen molar-refractivity contribution >= 4 is 45.7 Å². The third-order valence-electron chi connectivity index (χ3n) is 4.28. The van der Waals surface area contributed by atoms with Gasteiger partial charge in [0.1, 0.15) is 0 Å². The average molecular weight is 420 g/mol. The van der Waals surface area contributed by atoms with E-state index in [9.17, 15) is 9.59 Å². The van der Waals surface area contributed by atoms with Crippen LogP contribution in [0, 0.1) is 0 Å². The highest BCUT2D eigenvalue weighted by atomic mass is 32.2. The molecule has 0 unspecified atom stereocenters. The number of thioether (sulfide) groups is 1. The Labute approximate surface area is 173 Å². The lowest BCUT2D eigenvalue weighted by atomic mass is 10.1. The number of nitrogens with one attached hydrogen (secondary N) is 3. The van der Waals surface area contributed by atoms with Gasteiger partial charge in [0.25, 0.3) is 5.91 Å². The van der Waals surface area contributed by atoms with Gasteiger partial charge in [0.2, 0.25) is 11.0 Å². The van der Waals surface area contributed by atoms with E-state index in [0.29, 0.717) is 11.3 Å². The fourth-order valence-electron chi connectivity index (χ4n) is 3.01. The van der Waals surface area contributed by atoms with Crippen LogP contribution in [0.4, 0.5) is 10.8 Å². The second-order valence-electron chi connectivity index (χ2n) is 7.01. The summed E-state index contributed by atoms with van der Waals surface area (Å²) in [4.78, 5) is 24.9. The lowest BCUT2D eigenvalue weighted by molar-refractivity contribution is -0.113. The van der Waals surface area contributed by atoms with E-state index >= 15 is 0 Å². The fraction of sp³-hybridized carbons (Fsp3) is 0.474. The van der Waals surface area contributed by atoms with Crippen molar-refractivity contribution in [1.82, 2.24) is 15.5 Å². The molecule has 0 aliphatic heterocycles. The molecule has 1 aromatic heterocycles. The Bertz CT molecular complexity index is 818. The van der Waals surface area contributed by atoms with Crippen molar-refractivity contribution in [1.29, 1.82) is 0 Å². The maximum Gasteiger partial charge on any atom is 0.253 e. The number of carbonyl (C=O) groups is 2. The predicted molar refractivity (Wildman–Crippen MR) is 114 cm³/mol. The molecule has 3 N–H and O–H groups in total. The SMILES string of the molecule is CC(C)Nc1nnc(SCC(=O)Nc2ccccc2C(=O)NC2CCCC2)s1. The van der Waals surface area contributed by atoms with Crippen molar-refractivity contribution < 1.29 is 9.59 Å². The monoisotopic (exact) mass is 419 g/mol. The zero-order chi connectivity index (χ0) is 19.9. The van der Waals surface area contributed by atoms with E-state index in [1.54, 1.807) is 18.2 Å². The average Bonchev–Trinajstić information content (AvgIpc) is 3.32. The second kappa shape index (κ2) is 9.88. The Kier molecular flexibility index (Phi) is 7.27. The summed E-state index contributed by atoms with van der Waals surface area (Å²) in [6.45, 7) is 4.06. The molecule has 1 heterocycles. The molecule has 1 fully saturated rings. The quantitative estimate of drug-likeness (QED) is 0.564. The summed E-state index contributed by atoms with van der Waals surface area (Å²) < 4.78 is 0.727. The fourth-order valence-corrected chi connectivity index (χ4v) is 4.71. The summed E-state index contributed by atoms with van der Waals surface area (Å²) in [5.74, 6) is -0.113. The summed E-state index contributed by atoms with van der Waals surface area (Å²) in [6.07, 6.45) is 4.35. The molecule has 0 radical (unpaired) electrons. The van der Waals surface area contributed by atoms with Crippen LogP contribution in [0.25, 0.3) is 0 Å². The van der Waals surface area contributed by atoms with Crippen LogP contribution in [0.1, 0.15) is 49.9 Å². The normalized spacial score (nSPS) is 14.2. The maximum absolute atomic E-state index is 12.6. The van der Waals surface area contributed by atoms with Gasteiger partial charge in [0.15, 0.2) is 4.34 Å². The van der Waals surface area contributed by atoms with Crippen LogP contribution in [-0.4, -0.2) is 39.8 Å². The third-order valence-corrected chi connectivity index (χ3v) is 6.27. The van der Waals surface area contributed by atoms with Crippen LogP contribution in [0.2, 0.25) is 0 Å². The number of amides is 2. The molecule has 28 heavy (non-hydrogen) atoms. The first-order valence-corrected chi connectivity index (χ1v) is 11.2. The molecular formula is C19H25N5O2S2. The van der Waals surface area contributed by atoms with Gasteiger partial charge in [0.05, 0.1) is 17.0 Å². The Hall–Kier alpha value is -2.13. The van der Waals surface area contributed by atoms with Gasteiger partial charge in [-0.25, -0.2) is 0 Å². The molecule has 0 bridgehead atoms. The van der Waals surface area contributed by atoms with E-state index < -0.39 is 0 Å². The molecule has 0 atom stereocenters. The number of hydrogen-bond donors (Lipinski definition) is 3. The maximum atomic E-state index is 12.6. The zero-order valence-electron chi connectivity index (χ0n) is 16.0. The molecule has 0 spiro atoms. The van der Waals surface area contributed by atoms with Gasteiger partial charge < -0.3 is 16.0 Å². The molecule has 1 saturated carbocycles. The smallest absolute Gasteiger partial charge is 0.253 e. The Morgan fingerprint density at radius 3 is 2.71 bits per heavy atom. The molecule has 1 aliphatic carbocycles. The molecule has 9 heteroatoms. The molecule has 1 aliphatic rings. The molecule has 7 nitrogen and oxygen atoms in total. The van der Waals surface area contributed by atoms with Gasteiger partial charge in [-0.05, 0) is 38.8 Å². The summed E-state index contributed by atoms with van der Waals surface area (Å²) in [5.41, 5.74) is 1.02. The number of rotatable bonds is 8. The summed E-state index contributed by atoms with van der Waals surface area (Å²) in [6, 6.07) is 7.62.